The predicted molar refractivity (Wildman–Crippen MR) is 92.5 cm³/mol. The van der Waals surface area contributed by atoms with Crippen molar-refractivity contribution < 1.29 is 14.7 Å². The monoisotopic (exact) mass is 329 g/mol. The van der Waals surface area contributed by atoms with E-state index in [1.54, 1.807) is 0 Å². The first-order chi connectivity index (χ1) is 11.4. The van der Waals surface area contributed by atoms with Crippen LogP contribution in [0.25, 0.3) is 0 Å². The molecule has 0 bridgehead atoms. The van der Waals surface area contributed by atoms with Gasteiger partial charge in [-0.2, -0.15) is 0 Å². The van der Waals surface area contributed by atoms with Gasteiger partial charge in [-0.25, -0.2) is 0 Å². The fourth-order valence-corrected chi connectivity index (χ4v) is 4.20. The molecule has 2 N–H and O–H groups in total. The lowest BCUT2D eigenvalue weighted by atomic mass is 9.70. The smallest absolute Gasteiger partial charge is 0.306 e. The van der Waals surface area contributed by atoms with Crippen molar-refractivity contribution in [3.63, 3.8) is 0 Å². The van der Waals surface area contributed by atoms with Crippen molar-refractivity contribution in [2.45, 2.75) is 58.4 Å². The van der Waals surface area contributed by atoms with E-state index in [1.165, 1.54) is 11.1 Å². The third kappa shape index (κ3) is 3.33. The first kappa shape index (κ1) is 17.0. The molecule has 0 heterocycles. The summed E-state index contributed by atoms with van der Waals surface area (Å²) in [7, 11) is 0. The van der Waals surface area contributed by atoms with Gasteiger partial charge in [0.25, 0.3) is 0 Å². The second-order valence-electron chi connectivity index (χ2n) is 8.02. The maximum absolute atomic E-state index is 12.8. The lowest BCUT2D eigenvalue weighted by Gasteiger charge is -2.41. The Hall–Kier alpha value is -1.84. The second-order valence-corrected chi connectivity index (χ2v) is 8.02. The van der Waals surface area contributed by atoms with Crippen LogP contribution in [0.4, 0.5) is 0 Å². The van der Waals surface area contributed by atoms with Gasteiger partial charge in [-0.15, -0.1) is 0 Å². The molecule has 4 heteroatoms. The zero-order valence-corrected chi connectivity index (χ0v) is 14.5. The Labute approximate surface area is 143 Å². The third-order valence-corrected chi connectivity index (χ3v) is 5.92. The van der Waals surface area contributed by atoms with Gasteiger partial charge in [0.1, 0.15) is 0 Å². The number of carboxylic acid groups (broad SMARTS) is 1. The molecule has 3 rings (SSSR count). The number of benzene rings is 1. The van der Waals surface area contributed by atoms with E-state index in [4.69, 9.17) is 5.11 Å². The highest BCUT2D eigenvalue weighted by atomic mass is 16.4. The molecule has 0 radical (unpaired) electrons. The highest BCUT2D eigenvalue weighted by Gasteiger charge is 2.38. The fraction of sp³-hybridized carbons (Fsp3) is 0.600. The SMILES string of the molecule is CC1(C)CCc2ccccc2C1NC(=O)C1CCC(C(=O)O)CC1. The zero-order valence-electron chi connectivity index (χ0n) is 14.5. The predicted octanol–water partition coefficient (Wildman–Crippen LogP) is 3.71. The molecule has 1 atom stereocenters. The average molecular weight is 329 g/mol. The number of carboxylic acids is 1. The first-order valence-electron chi connectivity index (χ1n) is 8.99. The van der Waals surface area contributed by atoms with Crippen LogP contribution in [0.2, 0.25) is 0 Å². The van der Waals surface area contributed by atoms with Crippen molar-refractivity contribution in [3.05, 3.63) is 35.4 Å². The molecule has 1 amide bonds. The zero-order chi connectivity index (χ0) is 17.3. The highest BCUT2D eigenvalue weighted by molar-refractivity contribution is 5.80. The summed E-state index contributed by atoms with van der Waals surface area (Å²) < 4.78 is 0. The Morgan fingerprint density at radius 2 is 1.71 bits per heavy atom. The van der Waals surface area contributed by atoms with Crippen LogP contribution in [0.5, 0.6) is 0 Å². The molecule has 130 valence electrons. The fourth-order valence-electron chi connectivity index (χ4n) is 4.20. The summed E-state index contributed by atoms with van der Waals surface area (Å²) in [6, 6.07) is 8.41. The number of amides is 1. The van der Waals surface area contributed by atoms with Gasteiger partial charge in [-0.3, -0.25) is 9.59 Å². The molecule has 0 aromatic heterocycles. The Balaban J connectivity index is 1.71. The quantitative estimate of drug-likeness (QED) is 0.888. The highest BCUT2D eigenvalue weighted by Crippen LogP contribution is 2.43. The first-order valence-corrected chi connectivity index (χ1v) is 8.99. The Morgan fingerprint density at radius 3 is 2.38 bits per heavy atom. The number of aryl methyl sites for hydroxylation is 1. The maximum Gasteiger partial charge on any atom is 0.306 e. The molecule has 4 nitrogen and oxygen atoms in total. The molecule has 1 aromatic rings. The number of rotatable bonds is 3. The minimum absolute atomic E-state index is 0.0300. The normalized spacial score (nSPS) is 28.7. The minimum Gasteiger partial charge on any atom is -0.481 e. The summed E-state index contributed by atoms with van der Waals surface area (Å²) in [5, 5.41) is 12.4. The molecule has 1 aromatic carbocycles. The molecule has 0 saturated heterocycles. The van der Waals surface area contributed by atoms with E-state index < -0.39 is 5.97 Å². The number of carbonyl (C=O) groups excluding carboxylic acids is 1. The Bertz CT molecular complexity index is 630. The van der Waals surface area contributed by atoms with Crippen LogP contribution in [0.15, 0.2) is 24.3 Å². The molecule has 1 fully saturated rings. The van der Waals surface area contributed by atoms with Gasteiger partial charge in [0.05, 0.1) is 12.0 Å². The van der Waals surface area contributed by atoms with Gasteiger partial charge in [0.15, 0.2) is 0 Å². The van der Waals surface area contributed by atoms with Crippen molar-refractivity contribution in [1.29, 1.82) is 0 Å². The van der Waals surface area contributed by atoms with Gasteiger partial charge in [-0.05, 0) is 55.1 Å². The molecule has 1 unspecified atom stereocenters. The summed E-state index contributed by atoms with van der Waals surface area (Å²) >= 11 is 0. The number of hydrogen-bond acceptors (Lipinski definition) is 2. The van der Waals surface area contributed by atoms with E-state index in [0.717, 1.165) is 12.8 Å². The number of aliphatic carboxylic acids is 1. The lowest BCUT2D eigenvalue weighted by Crippen LogP contribution is -2.44. The second kappa shape index (κ2) is 6.58. The molecule has 1 saturated carbocycles. The van der Waals surface area contributed by atoms with Gasteiger partial charge in [-0.1, -0.05) is 38.1 Å². The molecule has 2 aliphatic carbocycles. The molecular formula is C20H27NO3. The van der Waals surface area contributed by atoms with Gasteiger partial charge in [0, 0.05) is 5.92 Å². The van der Waals surface area contributed by atoms with E-state index >= 15 is 0 Å². The third-order valence-electron chi connectivity index (χ3n) is 5.92. The summed E-state index contributed by atoms with van der Waals surface area (Å²) in [5.74, 6) is -0.962. The Morgan fingerprint density at radius 1 is 1.08 bits per heavy atom. The van der Waals surface area contributed by atoms with Crippen LogP contribution < -0.4 is 5.32 Å². The summed E-state index contributed by atoms with van der Waals surface area (Å²) in [5.41, 5.74) is 2.60. The van der Waals surface area contributed by atoms with E-state index in [-0.39, 0.29) is 29.2 Å². The van der Waals surface area contributed by atoms with Crippen molar-refractivity contribution in [1.82, 2.24) is 5.32 Å². The van der Waals surface area contributed by atoms with E-state index in [0.29, 0.717) is 25.7 Å². The van der Waals surface area contributed by atoms with Crippen molar-refractivity contribution in [2.75, 3.05) is 0 Å². The van der Waals surface area contributed by atoms with Crippen LogP contribution in [0.3, 0.4) is 0 Å². The van der Waals surface area contributed by atoms with Crippen molar-refractivity contribution >= 4 is 11.9 Å². The standard InChI is InChI=1S/C20H27NO3/c1-20(2)12-11-13-5-3-4-6-16(13)17(20)21-18(22)14-7-9-15(10-8-14)19(23)24/h3-6,14-15,17H,7-12H2,1-2H3,(H,21,22)(H,23,24). The summed E-state index contributed by atoms with van der Waals surface area (Å²) in [6.45, 7) is 4.43. The van der Waals surface area contributed by atoms with E-state index in [1.807, 2.05) is 6.07 Å². The van der Waals surface area contributed by atoms with Crippen LogP contribution in [-0.2, 0) is 16.0 Å². The van der Waals surface area contributed by atoms with Gasteiger partial charge in [0.2, 0.25) is 5.91 Å². The number of nitrogens with one attached hydrogen (secondary N) is 1. The van der Waals surface area contributed by atoms with Crippen LogP contribution in [0.1, 0.15) is 63.1 Å². The maximum atomic E-state index is 12.8. The molecule has 0 spiro atoms. The van der Waals surface area contributed by atoms with Crippen LogP contribution in [-0.4, -0.2) is 17.0 Å². The van der Waals surface area contributed by atoms with Gasteiger partial charge >= 0.3 is 5.97 Å². The van der Waals surface area contributed by atoms with Crippen molar-refractivity contribution in [2.24, 2.45) is 17.3 Å². The van der Waals surface area contributed by atoms with Crippen molar-refractivity contribution in [3.8, 4) is 0 Å². The minimum atomic E-state index is -0.726. The molecule has 0 aliphatic heterocycles. The summed E-state index contributed by atoms with van der Waals surface area (Å²) in [6.07, 6.45) is 4.69. The van der Waals surface area contributed by atoms with Crippen LogP contribution in [0, 0.1) is 17.3 Å². The largest absolute Gasteiger partial charge is 0.481 e. The van der Waals surface area contributed by atoms with Crippen LogP contribution >= 0.6 is 0 Å². The molecule has 2 aliphatic rings. The molecular weight excluding hydrogens is 302 g/mol. The average Bonchev–Trinajstić information content (AvgIpc) is 2.57. The Kier molecular flexibility index (Phi) is 4.66. The summed E-state index contributed by atoms with van der Waals surface area (Å²) in [4.78, 5) is 23.9. The van der Waals surface area contributed by atoms with Gasteiger partial charge < -0.3 is 10.4 Å². The lowest BCUT2D eigenvalue weighted by molar-refractivity contribution is -0.144. The topological polar surface area (TPSA) is 66.4 Å². The number of hydrogen-bond donors (Lipinski definition) is 2. The number of fused-ring (bicyclic) bond motifs is 1. The van der Waals surface area contributed by atoms with E-state index in [2.05, 4.69) is 37.4 Å². The molecule has 24 heavy (non-hydrogen) atoms. The number of carbonyl (C=O) groups is 2. The van der Waals surface area contributed by atoms with E-state index in [9.17, 15) is 9.59 Å².